The summed E-state index contributed by atoms with van der Waals surface area (Å²) in [5.41, 5.74) is 1.42. The van der Waals surface area contributed by atoms with Crippen LogP contribution < -0.4 is 10.6 Å². The first kappa shape index (κ1) is 53.7. The summed E-state index contributed by atoms with van der Waals surface area (Å²) in [6, 6.07) is 17.9. The Morgan fingerprint density at radius 3 is 2.02 bits per heavy atom. The Morgan fingerprint density at radius 2 is 1.45 bits per heavy atom. The summed E-state index contributed by atoms with van der Waals surface area (Å²) in [6.07, 6.45) is 6.68. The van der Waals surface area contributed by atoms with Crippen LogP contribution in [0.5, 0.6) is 0 Å². The van der Waals surface area contributed by atoms with E-state index < -0.39 is 47.6 Å². The van der Waals surface area contributed by atoms with E-state index in [1.807, 2.05) is 107 Å². The van der Waals surface area contributed by atoms with Crippen LogP contribution in [0, 0.1) is 23.7 Å². The fraction of sp³-hybridized carbons (Fsp3) is 0.627. The normalized spacial score (nSPS) is 18.0. The smallest absolute Gasteiger partial charge is 0.410 e. The Kier molecular flexibility index (Phi) is 21.7. The molecular formula is C51H79N5O8. The Balaban J connectivity index is 1.65. The molecular weight excluding hydrogens is 811 g/mol. The summed E-state index contributed by atoms with van der Waals surface area (Å²) in [5.74, 6) is -2.35. The Bertz CT molecular complexity index is 1800. The number of ether oxygens (including phenoxy) is 3. The van der Waals surface area contributed by atoms with Gasteiger partial charge in [0, 0.05) is 39.2 Å². The molecule has 3 rings (SSSR count). The van der Waals surface area contributed by atoms with Gasteiger partial charge in [-0.1, -0.05) is 128 Å². The van der Waals surface area contributed by atoms with Crippen molar-refractivity contribution in [1.29, 1.82) is 0 Å². The molecule has 0 bridgehead atoms. The summed E-state index contributed by atoms with van der Waals surface area (Å²) in [4.78, 5) is 73.2. The van der Waals surface area contributed by atoms with Gasteiger partial charge >= 0.3 is 12.1 Å². The van der Waals surface area contributed by atoms with E-state index >= 15 is 0 Å². The zero-order chi connectivity index (χ0) is 47.7. The number of hydrogen-bond acceptors (Lipinski definition) is 10. The van der Waals surface area contributed by atoms with Gasteiger partial charge in [0.2, 0.25) is 17.7 Å². The first-order valence-electron chi connectivity index (χ1n) is 23.2. The first-order valence-corrected chi connectivity index (χ1v) is 23.2. The molecule has 0 aliphatic carbocycles. The molecule has 1 fully saturated rings. The molecule has 2 N–H and O–H groups in total. The van der Waals surface area contributed by atoms with Crippen LogP contribution in [0.15, 0.2) is 66.7 Å². The third-order valence-corrected chi connectivity index (χ3v) is 12.4. The Hall–Kier alpha value is -4.59. The molecule has 356 valence electrons. The second-order valence-corrected chi connectivity index (χ2v) is 19.2. The molecule has 2 aromatic rings. The minimum atomic E-state index is -0.934. The van der Waals surface area contributed by atoms with Crippen molar-refractivity contribution in [3.05, 3.63) is 77.9 Å². The number of carbonyl (C=O) groups is 5. The van der Waals surface area contributed by atoms with Crippen LogP contribution in [0.4, 0.5) is 4.79 Å². The maximum atomic E-state index is 14.0. The number of methoxy groups -OCH3 is 1. The largest absolute Gasteiger partial charge is 0.449 e. The topological polar surface area (TPSA) is 147 Å². The predicted octanol–water partition coefficient (Wildman–Crippen LogP) is 7.73. The predicted molar refractivity (Wildman–Crippen MR) is 253 cm³/mol. The lowest BCUT2D eigenvalue weighted by atomic mass is 9.90. The monoisotopic (exact) mass is 890 g/mol. The van der Waals surface area contributed by atoms with Crippen molar-refractivity contribution in [3.8, 4) is 0 Å². The molecule has 1 aliphatic heterocycles. The molecule has 13 heteroatoms. The van der Waals surface area contributed by atoms with Crippen molar-refractivity contribution < 1.29 is 38.2 Å². The maximum absolute atomic E-state index is 14.0. The van der Waals surface area contributed by atoms with E-state index in [1.54, 1.807) is 27.9 Å². The third-order valence-electron chi connectivity index (χ3n) is 12.4. The van der Waals surface area contributed by atoms with Gasteiger partial charge in [-0.25, -0.2) is 4.79 Å². The zero-order valence-electron chi connectivity index (χ0n) is 41.0. The molecule has 1 heterocycles. The number of rotatable bonds is 23. The number of likely N-dealkylation sites (N-methyl/N-ethyl adjacent to an activating group) is 2. The highest BCUT2D eigenvalue weighted by atomic mass is 16.6. The highest BCUT2D eigenvalue weighted by Gasteiger charge is 2.40. The summed E-state index contributed by atoms with van der Waals surface area (Å²) >= 11 is 0. The van der Waals surface area contributed by atoms with Crippen LogP contribution in [0.3, 0.4) is 0 Å². The van der Waals surface area contributed by atoms with Crippen molar-refractivity contribution in [2.24, 2.45) is 23.7 Å². The standard InChI is InChI=1S/C51H79N5O8/c1-14-36(6)41(54(11)44(34(2)3)48(59)53-49(60)45(35(4)5)55(12)50(61)64-51(8,9)10)29-30-43(57)63-33-56-31-21-26-42(56)46(62-13)37(7)47(58)52-40(32-39-24-19-16-20-25-39)28-27-38-22-17-15-18-23-38/h15-20,22-25,27-28,34-37,40-42,44-46H,14,21,26,29-33H2,1-13H3,(H,52,58)(H,53,59,60)/b28-27+/t36-,37?,40?,41-,42?,44+,45-,46+/m0/s1. The van der Waals surface area contributed by atoms with Crippen molar-refractivity contribution in [1.82, 2.24) is 25.3 Å². The molecule has 13 nitrogen and oxygen atoms in total. The lowest BCUT2D eigenvalue weighted by Gasteiger charge is -2.39. The Labute approximate surface area is 384 Å². The molecule has 2 aromatic carbocycles. The van der Waals surface area contributed by atoms with Gasteiger partial charge in [-0.3, -0.25) is 39.2 Å². The minimum absolute atomic E-state index is 0.0753. The van der Waals surface area contributed by atoms with Gasteiger partial charge in [0.05, 0.1) is 24.1 Å². The number of nitrogens with zero attached hydrogens (tertiary/aromatic N) is 3. The van der Waals surface area contributed by atoms with E-state index in [0.29, 0.717) is 19.4 Å². The second-order valence-electron chi connectivity index (χ2n) is 19.2. The number of benzene rings is 2. The van der Waals surface area contributed by atoms with Crippen molar-refractivity contribution in [3.63, 3.8) is 0 Å². The van der Waals surface area contributed by atoms with Crippen LogP contribution in [-0.4, -0.2) is 121 Å². The van der Waals surface area contributed by atoms with E-state index in [2.05, 4.69) is 41.5 Å². The van der Waals surface area contributed by atoms with Crippen molar-refractivity contribution >= 4 is 35.9 Å². The first-order chi connectivity index (χ1) is 30.2. The van der Waals surface area contributed by atoms with Crippen LogP contribution in [0.25, 0.3) is 6.08 Å². The van der Waals surface area contributed by atoms with E-state index in [0.717, 1.165) is 30.4 Å². The number of likely N-dealkylation sites (tertiary alicyclic amines) is 1. The van der Waals surface area contributed by atoms with Crippen LogP contribution >= 0.6 is 0 Å². The number of imide groups is 1. The molecule has 3 unspecified atom stereocenters. The van der Waals surface area contributed by atoms with Crippen LogP contribution in [-0.2, 0) is 39.8 Å². The Morgan fingerprint density at radius 1 is 0.859 bits per heavy atom. The van der Waals surface area contributed by atoms with Gasteiger partial charge in [-0.15, -0.1) is 0 Å². The average molecular weight is 890 g/mol. The summed E-state index contributed by atoms with van der Waals surface area (Å²) in [5, 5.41) is 5.88. The molecule has 0 saturated carbocycles. The van der Waals surface area contributed by atoms with Gasteiger partial charge in [0.25, 0.3) is 0 Å². The van der Waals surface area contributed by atoms with Gasteiger partial charge in [-0.2, -0.15) is 0 Å². The third kappa shape index (κ3) is 16.4. The average Bonchev–Trinajstić information content (AvgIpc) is 3.70. The number of esters is 1. The molecule has 1 saturated heterocycles. The van der Waals surface area contributed by atoms with E-state index in [4.69, 9.17) is 14.2 Å². The lowest BCUT2D eigenvalue weighted by molar-refractivity contribution is -0.152. The lowest BCUT2D eigenvalue weighted by Crippen LogP contribution is -2.58. The van der Waals surface area contributed by atoms with E-state index in [-0.39, 0.29) is 60.9 Å². The number of nitrogens with one attached hydrogen (secondary N) is 2. The van der Waals surface area contributed by atoms with Crippen molar-refractivity contribution in [2.75, 3.05) is 34.5 Å². The molecule has 0 spiro atoms. The van der Waals surface area contributed by atoms with E-state index in [9.17, 15) is 24.0 Å². The maximum Gasteiger partial charge on any atom is 0.410 e. The molecule has 4 amide bonds. The van der Waals surface area contributed by atoms with E-state index in [1.165, 1.54) is 11.9 Å². The fourth-order valence-corrected chi connectivity index (χ4v) is 8.83. The van der Waals surface area contributed by atoms with Gasteiger partial charge < -0.3 is 19.5 Å². The summed E-state index contributed by atoms with van der Waals surface area (Å²) < 4.78 is 17.4. The second kappa shape index (κ2) is 25.8. The number of hydrogen-bond donors (Lipinski definition) is 2. The number of carbonyl (C=O) groups excluding carboxylic acids is 5. The number of amides is 4. The molecule has 0 aromatic heterocycles. The van der Waals surface area contributed by atoms with Crippen LogP contribution in [0.2, 0.25) is 0 Å². The highest BCUT2D eigenvalue weighted by molar-refractivity contribution is 6.01. The highest BCUT2D eigenvalue weighted by Crippen LogP contribution is 2.28. The molecule has 0 radical (unpaired) electrons. The molecule has 64 heavy (non-hydrogen) atoms. The fourth-order valence-electron chi connectivity index (χ4n) is 8.83. The quantitative estimate of drug-likeness (QED) is 0.106. The molecule has 8 atom stereocenters. The zero-order valence-corrected chi connectivity index (χ0v) is 41.0. The van der Waals surface area contributed by atoms with Crippen LogP contribution in [0.1, 0.15) is 112 Å². The molecule has 1 aliphatic rings. The summed E-state index contributed by atoms with van der Waals surface area (Å²) in [6.45, 7) is 19.6. The van der Waals surface area contributed by atoms with Gasteiger partial charge in [0.1, 0.15) is 18.4 Å². The summed E-state index contributed by atoms with van der Waals surface area (Å²) in [7, 11) is 5.00. The van der Waals surface area contributed by atoms with Gasteiger partial charge in [0.15, 0.2) is 0 Å². The SMILES string of the molecule is CC[C@H](C)[C@H](CCC(=O)OCN1CCCC1[C@H](OC)C(C)C(=O)NC(/C=C/c1ccccc1)Cc1ccccc1)N(C)[C@@H](C(=O)NC(=O)[C@H](C(C)C)N(C)C(=O)OC(C)(C)C)C(C)C. The van der Waals surface area contributed by atoms with Gasteiger partial charge in [-0.05, 0) is 82.4 Å². The van der Waals surface area contributed by atoms with Crippen molar-refractivity contribution in [2.45, 2.75) is 150 Å². The minimum Gasteiger partial charge on any atom is -0.449 e.